The summed E-state index contributed by atoms with van der Waals surface area (Å²) >= 11 is 0. The van der Waals surface area contributed by atoms with Gasteiger partial charge < -0.3 is 9.64 Å². The van der Waals surface area contributed by atoms with E-state index in [9.17, 15) is 18.0 Å². The van der Waals surface area contributed by atoms with Crippen LogP contribution in [-0.4, -0.2) is 45.7 Å². The van der Waals surface area contributed by atoms with Gasteiger partial charge in [-0.15, -0.1) is 0 Å². The number of amides is 1. The van der Waals surface area contributed by atoms with Crippen LogP contribution in [0.1, 0.15) is 69.6 Å². The normalized spacial score (nSPS) is 18.4. The van der Waals surface area contributed by atoms with E-state index >= 15 is 0 Å². The number of halogens is 3. The maximum Gasteiger partial charge on any atom is 0.433 e. The number of carbonyl (C=O) groups is 1. The molecule has 3 heterocycles. The first-order chi connectivity index (χ1) is 13.5. The van der Waals surface area contributed by atoms with Crippen LogP contribution in [-0.2, 0) is 21.1 Å². The maximum atomic E-state index is 13.7. The van der Waals surface area contributed by atoms with Crippen LogP contribution in [0.4, 0.5) is 13.2 Å². The molecule has 0 aliphatic carbocycles. The summed E-state index contributed by atoms with van der Waals surface area (Å²) in [5.74, 6) is -0.0759. The van der Waals surface area contributed by atoms with Crippen molar-refractivity contribution >= 4 is 11.6 Å². The second kappa shape index (κ2) is 7.93. The van der Waals surface area contributed by atoms with Crippen molar-refractivity contribution in [3.8, 4) is 0 Å². The Kier molecular flexibility index (Phi) is 5.89. The molecule has 160 valence electrons. The number of aromatic nitrogens is 3. The molecule has 0 saturated carbocycles. The van der Waals surface area contributed by atoms with Gasteiger partial charge in [-0.3, -0.25) is 4.79 Å². The van der Waals surface area contributed by atoms with Crippen LogP contribution in [0, 0.1) is 0 Å². The molecule has 0 spiro atoms. The minimum atomic E-state index is -4.56. The van der Waals surface area contributed by atoms with E-state index in [1.165, 1.54) is 7.11 Å². The van der Waals surface area contributed by atoms with Crippen molar-refractivity contribution in [1.29, 1.82) is 0 Å². The molecule has 0 unspecified atom stereocenters. The average molecular weight is 412 g/mol. The molecule has 1 fully saturated rings. The predicted molar refractivity (Wildman–Crippen MR) is 101 cm³/mol. The predicted octanol–water partition coefficient (Wildman–Crippen LogP) is 4.14. The van der Waals surface area contributed by atoms with E-state index in [0.29, 0.717) is 31.0 Å². The first kappa shape index (κ1) is 21.5. The van der Waals surface area contributed by atoms with Crippen molar-refractivity contribution in [3.05, 3.63) is 29.2 Å². The number of hydrogen-bond donors (Lipinski definition) is 0. The van der Waals surface area contributed by atoms with Crippen molar-refractivity contribution in [2.24, 2.45) is 0 Å². The SMILES string of the molecule is COCCC(=O)N1CCCC[C@@H]1c1cc2nc(C(C)(C)C)cc(C(F)(F)F)n2n1. The number of fused-ring (bicyclic) bond motifs is 1. The van der Waals surface area contributed by atoms with Crippen molar-refractivity contribution in [2.75, 3.05) is 20.3 Å². The zero-order valence-corrected chi connectivity index (χ0v) is 17.2. The van der Waals surface area contributed by atoms with Crippen LogP contribution in [0.2, 0.25) is 0 Å². The lowest BCUT2D eigenvalue weighted by atomic mass is 9.91. The van der Waals surface area contributed by atoms with E-state index in [1.54, 1.807) is 11.0 Å². The molecule has 1 aliphatic rings. The number of likely N-dealkylation sites (tertiary alicyclic amines) is 1. The molecule has 6 nitrogen and oxygen atoms in total. The molecule has 0 bridgehead atoms. The summed E-state index contributed by atoms with van der Waals surface area (Å²) < 4.78 is 47.0. The number of nitrogens with zero attached hydrogens (tertiary/aromatic N) is 4. The van der Waals surface area contributed by atoms with E-state index in [4.69, 9.17) is 4.74 Å². The van der Waals surface area contributed by atoms with Gasteiger partial charge in [0.1, 0.15) is 5.69 Å². The number of piperidine rings is 1. The van der Waals surface area contributed by atoms with Crippen LogP contribution in [0.25, 0.3) is 5.65 Å². The molecule has 1 atom stereocenters. The van der Waals surface area contributed by atoms with E-state index in [0.717, 1.165) is 23.4 Å². The Hall–Kier alpha value is -2.16. The number of hydrogen-bond acceptors (Lipinski definition) is 4. The fourth-order valence-corrected chi connectivity index (χ4v) is 3.61. The smallest absolute Gasteiger partial charge is 0.384 e. The van der Waals surface area contributed by atoms with Gasteiger partial charge in [0, 0.05) is 25.1 Å². The average Bonchev–Trinajstić information content (AvgIpc) is 3.07. The summed E-state index contributed by atoms with van der Waals surface area (Å²) in [6.07, 6.45) is -1.91. The second-order valence-electron chi connectivity index (χ2n) is 8.46. The molecule has 29 heavy (non-hydrogen) atoms. The van der Waals surface area contributed by atoms with E-state index in [-0.39, 0.29) is 24.0 Å². The van der Waals surface area contributed by atoms with Crippen LogP contribution >= 0.6 is 0 Å². The minimum Gasteiger partial charge on any atom is -0.384 e. The number of methoxy groups -OCH3 is 1. The standard InChI is InChI=1S/C20H27F3N4O2/c1-19(2,3)15-12-16(20(21,22)23)27-17(24-15)11-13(25-27)14-7-5-6-9-26(14)18(28)8-10-29-4/h11-12,14H,5-10H2,1-4H3/t14-/m1/s1. The Morgan fingerprint density at radius 3 is 2.59 bits per heavy atom. The van der Waals surface area contributed by atoms with Gasteiger partial charge in [-0.1, -0.05) is 20.8 Å². The lowest BCUT2D eigenvalue weighted by molar-refractivity contribution is -0.143. The topological polar surface area (TPSA) is 59.7 Å². The minimum absolute atomic E-state index is 0.0759. The van der Waals surface area contributed by atoms with Gasteiger partial charge >= 0.3 is 6.18 Å². The fraction of sp³-hybridized carbons (Fsp3) is 0.650. The Bertz CT molecular complexity index is 886. The third-order valence-corrected chi connectivity index (χ3v) is 5.19. The number of rotatable bonds is 4. The highest BCUT2D eigenvalue weighted by Crippen LogP contribution is 2.35. The quantitative estimate of drug-likeness (QED) is 0.758. The van der Waals surface area contributed by atoms with E-state index in [1.807, 2.05) is 20.8 Å². The van der Waals surface area contributed by atoms with Crippen LogP contribution in [0.5, 0.6) is 0 Å². The summed E-state index contributed by atoms with van der Waals surface area (Å²) in [7, 11) is 1.53. The molecular formula is C20H27F3N4O2. The Labute approximate surface area is 168 Å². The summed E-state index contributed by atoms with van der Waals surface area (Å²) in [5, 5.41) is 4.25. The van der Waals surface area contributed by atoms with Gasteiger partial charge in [-0.25, -0.2) is 9.50 Å². The zero-order chi connectivity index (χ0) is 21.4. The lowest BCUT2D eigenvalue weighted by Gasteiger charge is -2.34. The molecular weight excluding hydrogens is 385 g/mol. The van der Waals surface area contributed by atoms with Gasteiger partial charge in [0.05, 0.1) is 30.5 Å². The van der Waals surface area contributed by atoms with Gasteiger partial charge in [-0.05, 0) is 25.3 Å². The maximum absolute atomic E-state index is 13.7. The summed E-state index contributed by atoms with van der Waals surface area (Å²) in [6.45, 7) is 6.33. The zero-order valence-electron chi connectivity index (χ0n) is 17.2. The molecule has 1 aliphatic heterocycles. The highest BCUT2D eigenvalue weighted by Gasteiger charge is 2.37. The Morgan fingerprint density at radius 1 is 1.24 bits per heavy atom. The summed E-state index contributed by atoms with van der Waals surface area (Å²) in [6, 6.07) is 2.29. The molecule has 1 saturated heterocycles. The number of ether oxygens (including phenoxy) is 1. The molecule has 9 heteroatoms. The largest absolute Gasteiger partial charge is 0.433 e. The molecule has 0 N–H and O–H groups in total. The van der Waals surface area contributed by atoms with Crippen LogP contribution in [0.15, 0.2) is 12.1 Å². The first-order valence-corrected chi connectivity index (χ1v) is 9.79. The van der Waals surface area contributed by atoms with Gasteiger partial charge in [0.2, 0.25) is 5.91 Å². The lowest BCUT2D eigenvalue weighted by Crippen LogP contribution is -2.39. The Balaban J connectivity index is 2.06. The second-order valence-corrected chi connectivity index (χ2v) is 8.46. The van der Waals surface area contributed by atoms with Crippen LogP contribution in [0.3, 0.4) is 0 Å². The number of carbonyl (C=O) groups excluding carboxylic acids is 1. The highest BCUT2D eigenvalue weighted by atomic mass is 19.4. The molecule has 0 radical (unpaired) electrons. The first-order valence-electron chi connectivity index (χ1n) is 9.79. The third kappa shape index (κ3) is 4.55. The van der Waals surface area contributed by atoms with Gasteiger partial charge in [0.15, 0.2) is 5.65 Å². The molecule has 2 aromatic rings. The van der Waals surface area contributed by atoms with Crippen molar-refractivity contribution in [1.82, 2.24) is 19.5 Å². The fourth-order valence-electron chi connectivity index (χ4n) is 3.61. The van der Waals surface area contributed by atoms with Crippen molar-refractivity contribution in [3.63, 3.8) is 0 Å². The number of alkyl halides is 3. The third-order valence-electron chi connectivity index (χ3n) is 5.19. The van der Waals surface area contributed by atoms with Gasteiger partial charge in [-0.2, -0.15) is 18.3 Å². The molecule has 2 aromatic heterocycles. The van der Waals surface area contributed by atoms with Crippen molar-refractivity contribution in [2.45, 2.75) is 64.1 Å². The monoisotopic (exact) mass is 412 g/mol. The van der Waals surface area contributed by atoms with Crippen LogP contribution < -0.4 is 0 Å². The van der Waals surface area contributed by atoms with E-state index in [2.05, 4.69) is 10.1 Å². The van der Waals surface area contributed by atoms with Gasteiger partial charge in [0.25, 0.3) is 0 Å². The van der Waals surface area contributed by atoms with Crippen molar-refractivity contribution < 1.29 is 22.7 Å². The van der Waals surface area contributed by atoms with E-state index < -0.39 is 17.3 Å². The molecule has 0 aromatic carbocycles. The highest BCUT2D eigenvalue weighted by molar-refractivity contribution is 5.77. The summed E-state index contributed by atoms with van der Waals surface area (Å²) in [5.41, 5.74) is -0.458. The summed E-state index contributed by atoms with van der Waals surface area (Å²) in [4.78, 5) is 18.7. The molecule has 3 rings (SSSR count). The molecule has 1 amide bonds. The Morgan fingerprint density at radius 2 is 1.97 bits per heavy atom.